The van der Waals surface area contributed by atoms with E-state index in [1.165, 1.54) is 37.7 Å². The SMILES string of the molecule is COc1cc(CNC2CCCCC2)ccc1OCc1ccc(Cl)c(Cl)c1.Cl. The molecule has 1 N–H and O–H groups in total. The Morgan fingerprint density at radius 2 is 1.67 bits per heavy atom. The Morgan fingerprint density at radius 1 is 0.926 bits per heavy atom. The van der Waals surface area contributed by atoms with Gasteiger partial charge in [-0.25, -0.2) is 0 Å². The highest BCUT2D eigenvalue weighted by atomic mass is 35.5. The van der Waals surface area contributed by atoms with E-state index >= 15 is 0 Å². The van der Waals surface area contributed by atoms with Crippen LogP contribution in [0.5, 0.6) is 11.5 Å². The summed E-state index contributed by atoms with van der Waals surface area (Å²) in [6.45, 7) is 1.26. The maximum atomic E-state index is 6.05. The van der Waals surface area contributed by atoms with Gasteiger partial charge >= 0.3 is 0 Å². The van der Waals surface area contributed by atoms with Crippen molar-refractivity contribution in [2.45, 2.75) is 51.3 Å². The Labute approximate surface area is 177 Å². The highest BCUT2D eigenvalue weighted by Crippen LogP contribution is 2.30. The number of ether oxygens (including phenoxy) is 2. The third kappa shape index (κ3) is 6.46. The van der Waals surface area contributed by atoms with Gasteiger partial charge in [0.15, 0.2) is 11.5 Å². The zero-order chi connectivity index (χ0) is 18.4. The maximum Gasteiger partial charge on any atom is 0.161 e. The Morgan fingerprint density at radius 3 is 2.37 bits per heavy atom. The molecule has 3 nitrogen and oxygen atoms in total. The highest BCUT2D eigenvalue weighted by molar-refractivity contribution is 6.42. The van der Waals surface area contributed by atoms with Crippen LogP contribution in [0.25, 0.3) is 0 Å². The van der Waals surface area contributed by atoms with Gasteiger partial charge in [-0.15, -0.1) is 12.4 Å². The lowest BCUT2D eigenvalue weighted by Gasteiger charge is -2.23. The molecule has 0 amide bonds. The lowest BCUT2D eigenvalue weighted by molar-refractivity contribution is 0.284. The van der Waals surface area contributed by atoms with Crippen LogP contribution >= 0.6 is 35.6 Å². The van der Waals surface area contributed by atoms with Gasteiger partial charge in [0.2, 0.25) is 0 Å². The second-order valence-corrected chi connectivity index (χ2v) is 7.55. The number of nitrogens with one attached hydrogen (secondary N) is 1. The van der Waals surface area contributed by atoms with Crippen molar-refractivity contribution < 1.29 is 9.47 Å². The van der Waals surface area contributed by atoms with Crippen LogP contribution in [0, 0.1) is 0 Å². The molecule has 0 aromatic heterocycles. The summed E-state index contributed by atoms with van der Waals surface area (Å²) >= 11 is 12.0. The van der Waals surface area contributed by atoms with Crippen LogP contribution < -0.4 is 14.8 Å². The predicted molar refractivity (Wildman–Crippen MR) is 115 cm³/mol. The van der Waals surface area contributed by atoms with Gasteiger partial charge in [0.25, 0.3) is 0 Å². The summed E-state index contributed by atoms with van der Waals surface area (Å²) in [7, 11) is 1.67. The lowest BCUT2D eigenvalue weighted by atomic mass is 9.95. The fraction of sp³-hybridized carbons (Fsp3) is 0.429. The summed E-state index contributed by atoms with van der Waals surface area (Å²) in [5.41, 5.74) is 2.17. The fourth-order valence-corrected chi connectivity index (χ4v) is 3.62. The van der Waals surface area contributed by atoms with Gasteiger partial charge in [-0.1, -0.05) is 54.6 Å². The minimum absolute atomic E-state index is 0. The quantitative estimate of drug-likeness (QED) is 0.549. The Balaban J connectivity index is 0.00000261. The van der Waals surface area contributed by atoms with Crippen LogP contribution in [0.2, 0.25) is 10.0 Å². The zero-order valence-corrected chi connectivity index (χ0v) is 17.8. The first-order valence-corrected chi connectivity index (χ1v) is 9.88. The van der Waals surface area contributed by atoms with Crippen LogP contribution in [-0.2, 0) is 13.2 Å². The molecule has 0 unspecified atom stereocenters. The number of rotatable bonds is 7. The minimum atomic E-state index is 0. The molecule has 2 aromatic carbocycles. The summed E-state index contributed by atoms with van der Waals surface area (Å²) in [4.78, 5) is 0. The van der Waals surface area contributed by atoms with Crippen LogP contribution in [0.1, 0.15) is 43.2 Å². The summed E-state index contributed by atoms with van der Waals surface area (Å²) in [5, 5.41) is 4.73. The number of halogens is 3. The Hall–Kier alpha value is -1.13. The van der Waals surface area contributed by atoms with E-state index < -0.39 is 0 Å². The molecule has 0 spiro atoms. The second kappa shape index (κ2) is 11.0. The number of benzene rings is 2. The third-order valence-electron chi connectivity index (χ3n) is 4.81. The van der Waals surface area contributed by atoms with E-state index in [9.17, 15) is 0 Å². The van der Waals surface area contributed by atoms with E-state index in [-0.39, 0.29) is 12.4 Å². The largest absolute Gasteiger partial charge is 0.493 e. The van der Waals surface area contributed by atoms with Gasteiger partial charge in [0.1, 0.15) is 6.61 Å². The first-order chi connectivity index (χ1) is 12.7. The van der Waals surface area contributed by atoms with Crippen molar-refractivity contribution in [2.75, 3.05) is 7.11 Å². The van der Waals surface area contributed by atoms with Gasteiger partial charge in [0, 0.05) is 12.6 Å². The van der Waals surface area contributed by atoms with Crippen LogP contribution in [0.15, 0.2) is 36.4 Å². The standard InChI is InChI=1S/C21H25Cl2NO2.ClH/c1-25-21-12-15(13-24-17-5-3-2-4-6-17)8-10-20(21)26-14-16-7-9-18(22)19(23)11-16;/h7-12,17,24H,2-6,13-14H2,1H3;1H. The molecule has 27 heavy (non-hydrogen) atoms. The monoisotopic (exact) mass is 429 g/mol. The van der Waals surface area contributed by atoms with E-state index in [0.29, 0.717) is 22.7 Å². The maximum absolute atomic E-state index is 6.05. The van der Waals surface area contributed by atoms with E-state index in [0.717, 1.165) is 23.6 Å². The van der Waals surface area contributed by atoms with E-state index in [2.05, 4.69) is 11.4 Å². The zero-order valence-electron chi connectivity index (χ0n) is 15.5. The molecular weight excluding hydrogens is 405 g/mol. The molecule has 0 aliphatic heterocycles. The Bertz CT molecular complexity index is 733. The molecule has 0 radical (unpaired) electrons. The molecule has 0 saturated heterocycles. The third-order valence-corrected chi connectivity index (χ3v) is 5.55. The van der Waals surface area contributed by atoms with Gasteiger partial charge < -0.3 is 14.8 Å². The van der Waals surface area contributed by atoms with Crippen molar-refractivity contribution in [3.8, 4) is 11.5 Å². The molecule has 1 saturated carbocycles. The average molecular weight is 431 g/mol. The number of methoxy groups -OCH3 is 1. The van der Waals surface area contributed by atoms with Crippen molar-refractivity contribution in [1.29, 1.82) is 0 Å². The van der Waals surface area contributed by atoms with Crippen molar-refractivity contribution in [2.24, 2.45) is 0 Å². The topological polar surface area (TPSA) is 30.5 Å². The Kier molecular flexibility index (Phi) is 9.04. The summed E-state index contributed by atoms with van der Waals surface area (Å²) in [6, 6.07) is 12.2. The predicted octanol–water partition coefficient (Wildman–Crippen LogP) is 6.43. The molecule has 6 heteroatoms. The van der Waals surface area contributed by atoms with Crippen molar-refractivity contribution in [3.05, 3.63) is 57.6 Å². The van der Waals surface area contributed by atoms with Crippen molar-refractivity contribution in [3.63, 3.8) is 0 Å². The molecule has 0 bridgehead atoms. The smallest absolute Gasteiger partial charge is 0.161 e. The molecule has 1 aliphatic rings. The van der Waals surface area contributed by atoms with Crippen LogP contribution in [0.4, 0.5) is 0 Å². The van der Waals surface area contributed by atoms with Crippen LogP contribution in [0.3, 0.4) is 0 Å². The van der Waals surface area contributed by atoms with E-state index in [1.54, 1.807) is 13.2 Å². The van der Waals surface area contributed by atoms with E-state index in [1.807, 2.05) is 24.3 Å². The van der Waals surface area contributed by atoms with Gasteiger partial charge in [0.05, 0.1) is 17.2 Å². The molecule has 1 aliphatic carbocycles. The van der Waals surface area contributed by atoms with Gasteiger partial charge in [-0.2, -0.15) is 0 Å². The fourth-order valence-electron chi connectivity index (χ4n) is 3.30. The van der Waals surface area contributed by atoms with Gasteiger partial charge in [-0.3, -0.25) is 0 Å². The summed E-state index contributed by atoms with van der Waals surface area (Å²) < 4.78 is 11.4. The lowest BCUT2D eigenvalue weighted by Crippen LogP contribution is -2.30. The molecule has 148 valence electrons. The molecule has 2 aromatic rings. The summed E-state index contributed by atoms with van der Waals surface area (Å²) in [5.74, 6) is 1.47. The first kappa shape index (κ1) is 22.2. The average Bonchev–Trinajstić information content (AvgIpc) is 2.68. The molecular formula is C21H26Cl3NO2. The first-order valence-electron chi connectivity index (χ1n) is 9.13. The highest BCUT2D eigenvalue weighted by Gasteiger charge is 2.13. The molecule has 1 fully saturated rings. The molecule has 3 rings (SSSR count). The van der Waals surface area contributed by atoms with E-state index in [4.69, 9.17) is 32.7 Å². The second-order valence-electron chi connectivity index (χ2n) is 6.74. The molecule has 0 heterocycles. The van der Waals surface area contributed by atoms with Gasteiger partial charge in [-0.05, 0) is 48.2 Å². The number of hydrogen-bond donors (Lipinski definition) is 1. The number of hydrogen-bond acceptors (Lipinski definition) is 3. The van der Waals surface area contributed by atoms with Crippen LogP contribution in [-0.4, -0.2) is 13.2 Å². The minimum Gasteiger partial charge on any atom is -0.493 e. The normalized spacial score (nSPS) is 14.5. The summed E-state index contributed by atoms with van der Waals surface area (Å²) in [6.07, 6.45) is 6.60. The molecule has 0 atom stereocenters. The van der Waals surface area contributed by atoms with Crippen molar-refractivity contribution >= 4 is 35.6 Å². The van der Waals surface area contributed by atoms with Crippen molar-refractivity contribution in [1.82, 2.24) is 5.32 Å².